The fourth-order valence-corrected chi connectivity index (χ4v) is 2.26. The van der Waals surface area contributed by atoms with Gasteiger partial charge in [-0.3, -0.25) is 0 Å². The third-order valence-electron chi connectivity index (χ3n) is 2.48. The monoisotopic (exact) mass is 204 g/mol. The highest BCUT2D eigenvalue weighted by molar-refractivity contribution is 6.51. The normalized spacial score (nSPS) is 32.0. The van der Waals surface area contributed by atoms with Crippen LogP contribution in [0.25, 0.3) is 0 Å². The second kappa shape index (κ2) is 2.43. The molecule has 1 heterocycles. The summed E-state index contributed by atoms with van der Waals surface area (Å²) in [6.07, 6.45) is 0. The van der Waals surface area contributed by atoms with Gasteiger partial charge in [-0.15, -0.1) is 23.2 Å². The molecule has 2 atom stereocenters. The predicted molar refractivity (Wildman–Crippen MR) is 49.8 cm³/mol. The fourth-order valence-electron chi connectivity index (χ4n) is 1.54. The van der Waals surface area contributed by atoms with Crippen molar-refractivity contribution in [3.8, 4) is 0 Å². The van der Waals surface area contributed by atoms with Gasteiger partial charge in [0.15, 0.2) is 0 Å². The molecule has 1 aliphatic carbocycles. The van der Waals surface area contributed by atoms with Gasteiger partial charge in [0.2, 0.25) is 0 Å². The molecule has 0 radical (unpaired) electrons. The van der Waals surface area contributed by atoms with Crippen molar-refractivity contribution in [1.82, 2.24) is 0 Å². The minimum absolute atomic E-state index is 0.175. The molecule has 66 valence electrons. The van der Waals surface area contributed by atoms with Gasteiger partial charge in [-0.25, -0.2) is 0 Å². The highest BCUT2D eigenvalue weighted by Gasteiger charge is 2.62. The molecule has 1 saturated carbocycles. The Morgan fingerprint density at radius 1 is 1.42 bits per heavy atom. The summed E-state index contributed by atoms with van der Waals surface area (Å²) in [6, 6.07) is 3.88. The van der Waals surface area contributed by atoms with Crippen molar-refractivity contribution >= 4 is 23.2 Å². The average molecular weight is 205 g/mol. The molecule has 0 spiro atoms. The van der Waals surface area contributed by atoms with Crippen molar-refractivity contribution < 1.29 is 4.42 Å². The second-order valence-electron chi connectivity index (χ2n) is 3.39. The van der Waals surface area contributed by atoms with Crippen LogP contribution in [0.1, 0.15) is 24.4 Å². The van der Waals surface area contributed by atoms with Crippen LogP contribution >= 0.6 is 23.2 Å². The summed E-state index contributed by atoms with van der Waals surface area (Å²) in [5.41, 5.74) is 0. The summed E-state index contributed by atoms with van der Waals surface area (Å²) in [7, 11) is 0. The van der Waals surface area contributed by atoms with Crippen LogP contribution in [-0.4, -0.2) is 4.33 Å². The number of hydrogen-bond donors (Lipinski definition) is 0. The predicted octanol–water partition coefficient (Wildman–Crippen LogP) is 3.50. The topological polar surface area (TPSA) is 13.1 Å². The highest BCUT2D eigenvalue weighted by atomic mass is 35.5. The van der Waals surface area contributed by atoms with Gasteiger partial charge in [0.25, 0.3) is 0 Å². The number of alkyl halides is 2. The molecule has 0 saturated heterocycles. The Balaban J connectivity index is 2.24. The van der Waals surface area contributed by atoms with E-state index < -0.39 is 4.33 Å². The Morgan fingerprint density at radius 2 is 2.00 bits per heavy atom. The Bertz CT molecular complexity index is 303. The highest BCUT2D eigenvalue weighted by Crippen LogP contribution is 2.64. The first-order valence-electron chi connectivity index (χ1n) is 3.97. The minimum atomic E-state index is -0.607. The molecule has 1 aromatic rings. The van der Waals surface area contributed by atoms with Gasteiger partial charge in [-0.2, -0.15) is 0 Å². The summed E-state index contributed by atoms with van der Waals surface area (Å²) in [4.78, 5) is 0. The molecule has 0 amide bonds. The molecule has 2 rings (SSSR count). The van der Waals surface area contributed by atoms with Crippen LogP contribution in [0.5, 0.6) is 0 Å². The van der Waals surface area contributed by atoms with Crippen LogP contribution in [0.4, 0.5) is 0 Å². The fraction of sp³-hybridized carbons (Fsp3) is 0.556. The lowest BCUT2D eigenvalue weighted by Crippen LogP contribution is -1.87. The maximum absolute atomic E-state index is 6.01. The lowest BCUT2D eigenvalue weighted by molar-refractivity contribution is 0.479. The third-order valence-corrected chi connectivity index (χ3v) is 3.64. The number of halogens is 2. The Kier molecular flexibility index (Phi) is 1.71. The Labute approximate surface area is 81.7 Å². The zero-order valence-corrected chi connectivity index (χ0v) is 8.49. The number of aryl methyl sites for hydroxylation is 1. The van der Waals surface area contributed by atoms with Crippen molar-refractivity contribution in [1.29, 1.82) is 0 Å². The van der Waals surface area contributed by atoms with Crippen molar-refractivity contribution in [3.05, 3.63) is 23.7 Å². The quantitative estimate of drug-likeness (QED) is 0.639. The van der Waals surface area contributed by atoms with Gasteiger partial charge in [0.1, 0.15) is 15.9 Å². The smallest absolute Gasteiger partial charge is 0.131 e. The van der Waals surface area contributed by atoms with E-state index in [9.17, 15) is 0 Å². The summed E-state index contributed by atoms with van der Waals surface area (Å²) < 4.78 is 4.84. The van der Waals surface area contributed by atoms with Crippen LogP contribution in [0.15, 0.2) is 16.5 Å². The van der Waals surface area contributed by atoms with Gasteiger partial charge in [0.05, 0.1) is 5.92 Å². The molecule has 12 heavy (non-hydrogen) atoms. The molecule has 2 unspecified atom stereocenters. The van der Waals surface area contributed by atoms with Crippen LogP contribution < -0.4 is 0 Å². The van der Waals surface area contributed by atoms with Crippen molar-refractivity contribution in [2.24, 2.45) is 5.92 Å². The molecule has 1 aliphatic rings. The summed E-state index contributed by atoms with van der Waals surface area (Å²) in [5.74, 6) is 2.29. The zero-order valence-electron chi connectivity index (χ0n) is 6.97. The van der Waals surface area contributed by atoms with Crippen molar-refractivity contribution in [2.45, 2.75) is 24.1 Å². The maximum Gasteiger partial charge on any atom is 0.131 e. The van der Waals surface area contributed by atoms with Crippen molar-refractivity contribution in [3.63, 3.8) is 0 Å². The first kappa shape index (κ1) is 8.46. The van der Waals surface area contributed by atoms with E-state index in [4.69, 9.17) is 27.6 Å². The summed E-state index contributed by atoms with van der Waals surface area (Å²) in [6.45, 7) is 3.95. The van der Waals surface area contributed by atoms with E-state index in [2.05, 4.69) is 0 Å². The van der Waals surface area contributed by atoms with Crippen LogP contribution in [0, 0.1) is 12.8 Å². The van der Waals surface area contributed by atoms with E-state index in [1.165, 1.54) is 0 Å². The SMILES string of the molecule is Cc1ccc(C2C(C)C2(Cl)Cl)o1. The molecule has 0 aromatic carbocycles. The summed E-state index contributed by atoms with van der Waals surface area (Å²) in [5, 5.41) is 0. The number of furan rings is 1. The molecule has 1 aromatic heterocycles. The second-order valence-corrected chi connectivity index (χ2v) is 4.83. The van der Waals surface area contributed by atoms with Crippen LogP contribution in [0.3, 0.4) is 0 Å². The van der Waals surface area contributed by atoms with E-state index >= 15 is 0 Å². The van der Waals surface area contributed by atoms with Gasteiger partial charge in [-0.1, -0.05) is 6.92 Å². The van der Waals surface area contributed by atoms with Crippen LogP contribution in [0.2, 0.25) is 0 Å². The van der Waals surface area contributed by atoms with E-state index in [0.717, 1.165) is 11.5 Å². The van der Waals surface area contributed by atoms with E-state index in [-0.39, 0.29) is 5.92 Å². The minimum Gasteiger partial charge on any atom is -0.466 e. The number of hydrogen-bond acceptors (Lipinski definition) is 1. The average Bonchev–Trinajstić information content (AvgIpc) is 2.38. The standard InChI is InChI=1S/C9H10Cl2O/c1-5-3-4-7(12-5)8-6(2)9(8,10)11/h3-4,6,8H,1-2H3. The summed E-state index contributed by atoms with van der Waals surface area (Å²) >= 11 is 12.0. The van der Waals surface area contributed by atoms with Crippen LogP contribution in [-0.2, 0) is 0 Å². The van der Waals surface area contributed by atoms with E-state index in [1.54, 1.807) is 0 Å². The van der Waals surface area contributed by atoms with Crippen molar-refractivity contribution in [2.75, 3.05) is 0 Å². The molecule has 0 N–H and O–H groups in total. The van der Waals surface area contributed by atoms with E-state index in [1.807, 2.05) is 26.0 Å². The molecular weight excluding hydrogens is 195 g/mol. The zero-order chi connectivity index (χ0) is 8.93. The van der Waals surface area contributed by atoms with Gasteiger partial charge >= 0.3 is 0 Å². The molecule has 0 aliphatic heterocycles. The largest absolute Gasteiger partial charge is 0.466 e. The first-order valence-corrected chi connectivity index (χ1v) is 4.73. The number of rotatable bonds is 1. The lowest BCUT2D eigenvalue weighted by atomic mass is 10.3. The van der Waals surface area contributed by atoms with E-state index in [0.29, 0.717) is 5.92 Å². The first-order chi connectivity index (χ1) is 5.53. The van der Waals surface area contributed by atoms with Gasteiger partial charge in [0, 0.05) is 5.92 Å². The van der Waals surface area contributed by atoms with Gasteiger partial charge in [-0.05, 0) is 19.1 Å². The maximum atomic E-state index is 6.01. The third kappa shape index (κ3) is 1.07. The molecular formula is C9H10Cl2O. The molecule has 3 heteroatoms. The lowest BCUT2D eigenvalue weighted by Gasteiger charge is -1.93. The molecule has 0 bridgehead atoms. The van der Waals surface area contributed by atoms with Gasteiger partial charge < -0.3 is 4.42 Å². The molecule has 1 nitrogen and oxygen atoms in total. The Morgan fingerprint density at radius 3 is 2.33 bits per heavy atom. The Hall–Kier alpha value is -0.140. The molecule has 1 fully saturated rings.